The quantitative estimate of drug-likeness (QED) is 0.766. The third-order valence-electron chi connectivity index (χ3n) is 3.61. The summed E-state index contributed by atoms with van der Waals surface area (Å²) >= 11 is 0. The zero-order valence-electron chi connectivity index (χ0n) is 10.2. The van der Waals surface area contributed by atoms with Crippen LogP contribution in [0.2, 0.25) is 0 Å². The van der Waals surface area contributed by atoms with Crippen LogP contribution in [-0.2, 0) is 4.74 Å². The fourth-order valence-electron chi connectivity index (χ4n) is 2.64. The lowest BCUT2D eigenvalue weighted by molar-refractivity contribution is 0.0791. The Hall–Kier alpha value is -0.120. The summed E-state index contributed by atoms with van der Waals surface area (Å²) in [6, 6.07) is 1.24. The molecule has 0 spiro atoms. The number of hydrogen-bond donors (Lipinski definition) is 1. The van der Waals surface area contributed by atoms with E-state index in [0.29, 0.717) is 18.3 Å². The van der Waals surface area contributed by atoms with E-state index < -0.39 is 0 Å². The summed E-state index contributed by atoms with van der Waals surface area (Å²) < 4.78 is 5.69. The highest BCUT2D eigenvalue weighted by Crippen LogP contribution is 2.24. The molecular formula is C12H24N2O. The molecule has 88 valence electrons. The second-order valence-electron chi connectivity index (χ2n) is 5.37. The average Bonchev–Trinajstić information content (AvgIpc) is 2.76. The number of likely N-dealkylation sites (tertiary alicyclic amines) is 1. The predicted octanol–water partition coefficient (Wildman–Crippen LogP) is 1.44. The van der Waals surface area contributed by atoms with Gasteiger partial charge in [0.25, 0.3) is 0 Å². The van der Waals surface area contributed by atoms with Crippen LogP contribution in [0.5, 0.6) is 0 Å². The van der Waals surface area contributed by atoms with E-state index in [0.717, 1.165) is 12.5 Å². The van der Waals surface area contributed by atoms with Gasteiger partial charge in [-0.3, -0.25) is 5.32 Å². The first kappa shape index (κ1) is 11.4. The van der Waals surface area contributed by atoms with E-state index in [2.05, 4.69) is 31.0 Å². The molecule has 2 aliphatic heterocycles. The summed E-state index contributed by atoms with van der Waals surface area (Å²) in [7, 11) is 0. The lowest BCUT2D eigenvalue weighted by atomic mass is 10.0. The van der Waals surface area contributed by atoms with Crippen molar-refractivity contribution in [2.45, 2.75) is 51.9 Å². The van der Waals surface area contributed by atoms with Gasteiger partial charge in [-0.25, -0.2) is 0 Å². The number of nitrogens with zero attached hydrogens (tertiary/aromatic N) is 1. The first-order chi connectivity index (χ1) is 7.15. The van der Waals surface area contributed by atoms with Gasteiger partial charge >= 0.3 is 0 Å². The molecule has 0 saturated carbocycles. The molecule has 0 aromatic heterocycles. The van der Waals surface area contributed by atoms with Gasteiger partial charge in [-0.2, -0.15) is 0 Å². The van der Waals surface area contributed by atoms with Crippen LogP contribution < -0.4 is 5.32 Å². The van der Waals surface area contributed by atoms with E-state index in [4.69, 9.17) is 4.74 Å². The third kappa shape index (κ3) is 2.92. The van der Waals surface area contributed by atoms with Crippen molar-refractivity contribution in [1.82, 2.24) is 10.2 Å². The van der Waals surface area contributed by atoms with Crippen molar-refractivity contribution in [2.24, 2.45) is 5.92 Å². The van der Waals surface area contributed by atoms with E-state index in [1.54, 1.807) is 0 Å². The molecule has 2 rings (SSSR count). The summed E-state index contributed by atoms with van der Waals surface area (Å²) in [5, 5.41) is 3.48. The lowest BCUT2D eigenvalue weighted by Gasteiger charge is -2.21. The molecule has 15 heavy (non-hydrogen) atoms. The monoisotopic (exact) mass is 212 g/mol. The van der Waals surface area contributed by atoms with Gasteiger partial charge in [-0.15, -0.1) is 0 Å². The van der Waals surface area contributed by atoms with Crippen LogP contribution in [0.4, 0.5) is 0 Å². The smallest absolute Gasteiger partial charge is 0.108 e. The minimum Gasteiger partial charge on any atom is -0.362 e. The Morgan fingerprint density at radius 2 is 2.27 bits per heavy atom. The third-order valence-corrected chi connectivity index (χ3v) is 3.61. The Balaban J connectivity index is 1.73. The molecule has 2 aliphatic rings. The van der Waals surface area contributed by atoms with Crippen LogP contribution in [0.1, 0.15) is 33.6 Å². The Morgan fingerprint density at radius 1 is 1.47 bits per heavy atom. The standard InChI is InChI=1S/C12H24N2O/c1-9(2)14-5-4-11(7-14)6-12-13-10(3)8-15-12/h9-13H,4-8H2,1-3H3. The summed E-state index contributed by atoms with van der Waals surface area (Å²) in [5.74, 6) is 0.829. The van der Waals surface area contributed by atoms with Gasteiger partial charge in [0.1, 0.15) is 6.23 Å². The van der Waals surface area contributed by atoms with Crippen molar-refractivity contribution in [3.63, 3.8) is 0 Å². The maximum absolute atomic E-state index is 5.69. The zero-order chi connectivity index (χ0) is 10.8. The van der Waals surface area contributed by atoms with E-state index >= 15 is 0 Å². The molecule has 2 heterocycles. The van der Waals surface area contributed by atoms with Gasteiger partial charge < -0.3 is 9.64 Å². The highest BCUT2D eigenvalue weighted by atomic mass is 16.5. The van der Waals surface area contributed by atoms with Crippen LogP contribution in [-0.4, -0.2) is 42.9 Å². The maximum atomic E-state index is 5.69. The van der Waals surface area contributed by atoms with Crippen LogP contribution >= 0.6 is 0 Å². The number of nitrogens with one attached hydrogen (secondary N) is 1. The lowest BCUT2D eigenvalue weighted by Crippen LogP contribution is -2.32. The molecule has 3 nitrogen and oxygen atoms in total. The van der Waals surface area contributed by atoms with Crippen molar-refractivity contribution in [3.8, 4) is 0 Å². The van der Waals surface area contributed by atoms with Crippen LogP contribution in [0, 0.1) is 5.92 Å². The summed E-state index contributed by atoms with van der Waals surface area (Å²) in [5.41, 5.74) is 0. The number of rotatable bonds is 3. The minimum absolute atomic E-state index is 0.317. The van der Waals surface area contributed by atoms with E-state index in [1.807, 2.05) is 0 Å². The Bertz CT molecular complexity index is 208. The largest absolute Gasteiger partial charge is 0.362 e. The van der Waals surface area contributed by atoms with Gasteiger partial charge in [0.05, 0.1) is 6.61 Å². The van der Waals surface area contributed by atoms with E-state index in [1.165, 1.54) is 25.9 Å². The summed E-state index contributed by atoms with van der Waals surface area (Å²) in [4.78, 5) is 2.57. The number of hydrogen-bond acceptors (Lipinski definition) is 3. The zero-order valence-corrected chi connectivity index (χ0v) is 10.2. The average molecular weight is 212 g/mol. The molecule has 0 radical (unpaired) electrons. The van der Waals surface area contributed by atoms with Crippen molar-refractivity contribution in [3.05, 3.63) is 0 Å². The maximum Gasteiger partial charge on any atom is 0.108 e. The van der Waals surface area contributed by atoms with Gasteiger partial charge in [0.2, 0.25) is 0 Å². The van der Waals surface area contributed by atoms with Gasteiger partial charge in [-0.05, 0) is 46.1 Å². The molecule has 0 amide bonds. The minimum atomic E-state index is 0.317. The molecule has 3 heteroatoms. The number of ether oxygens (including phenoxy) is 1. The Labute approximate surface area is 93.2 Å². The van der Waals surface area contributed by atoms with Gasteiger partial charge in [0.15, 0.2) is 0 Å². The molecule has 3 unspecified atom stereocenters. The van der Waals surface area contributed by atoms with Crippen molar-refractivity contribution in [2.75, 3.05) is 19.7 Å². The molecular weight excluding hydrogens is 188 g/mol. The van der Waals surface area contributed by atoms with Gasteiger partial charge in [0, 0.05) is 18.6 Å². The second kappa shape index (κ2) is 4.81. The van der Waals surface area contributed by atoms with Crippen LogP contribution in [0.3, 0.4) is 0 Å². The summed E-state index contributed by atoms with van der Waals surface area (Å²) in [6.45, 7) is 10.2. The Morgan fingerprint density at radius 3 is 2.80 bits per heavy atom. The Kier molecular flexibility index (Phi) is 3.65. The van der Waals surface area contributed by atoms with E-state index in [-0.39, 0.29) is 0 Å². The molecule has 2 saturated heterocycles. The molecule has 3 atom stereocenters. The van der Waals surface area contributed by atoms with Crippen molar-refractivity contribution >= 4 is 0 Å². The fraction of sp³-hybridized carbons (Fsp3) is 1.00. The first-order valence-corrected chi connectivity index (χ1v) is 6.27. The van der Waals surface area contributed by atoms with Crippen LogP contribution in [0.25, 0.3) is 0 Å². The highest BCUT2D eigenvalue weighted by molar-refractivity contribution is 4.81. The molecule has 0 aliphatic carbocycles. The second-order valence-corrected chi connectivity index (χ2v) is 5.37. The van der Waals surface area contributed by atoms with Crippen LogP contribution in [0.15, 0.2) is 0 Å². The fourth-order valence-corrected chi connectivity index (χ4v) is 2.64. The van der Waals surface area contributed by atoms with Crippen molar-refractivity contribution in [1.29, 1.82) is 0 Å². The summed E-state index contributed by atoms with van der Waals surface area (Å²) in [6.07, 6.45) is 2.85. The molecule has 0 bridgehead atoms. The van der Waals surface area contributed by atoms with Crippen molar-refractivity contribution < 1.29 is 4.74 Å². The molecule has 2 fully saturated rings. The SMILES string of the molecule is CC1COC(CC2CCN(C(C)C)C2)N1. The molecule has 0 aromatic rings. The predicted molar refractivity (Wildman–Crippen MR) is 61.8 cm³/mol. The van der Waals surface area contributed by atoms with Gasteiger partial charge in [-0.1, -0.05) is 0 Å². The first-order valence-electron chi connectivity index (χ1n) is 6.27. The normalized spacial score (nSPS) is 38.0. The molecule has 0 aromatic carbocycles. The van der Waals surface area contributed by atoms with E-state index in [9.17, 15) is 0 Å². The molecule has 1 N–H and O–H groups in total. The topological polar surface area (TPSA) is 24.5 Å². The highest BCUT2D eigenvalue weighted by Gasteiger charge is 2.29.